The first-order valence-corrected chi connectivity index (χ1v) is 6.53. The lowest BCUT2D eigenvalue weighted by Gasteiger charge is -2.02. The topological polar surface area (TPSA) is 17.1 Å². The van der Waals surface area contributed by atoms with Gasteiger partial charge in [-0.15, -0.1) is 11.8 Å². The van der Waals surface area contributed by atoms with Gasteiger partial charge in [0, 0.05) is 0 Å². The van der Waals surface area contributed by atoms with E-state index in [9.17, 15) is 4.79 Å². The first-order valence-electron chi connectivity index (χ1n) is 5.65. The molecule has 1 heterocycles. The molecule has 1 nitrogen and oxygen atoms in total. The van der Waals surface area contributed by atoms with Gasteiger partial charge in [0.25, 0.3) is 0 Å². The fourth-order valence-corrected chi connectivity index (χ4v) is 2.71. The fourth-order valence-electron chi connectivity index (χ4n) is 1.63. The van der Waals surface area contributed by atoms with E-state index in [2.05, 4.69) is 6.92 Å². The van der Waals surface area contributed by atoms with Crippen LogP contribution in [-0.2, 0) is 4.79 Å². The molecule has 2 heteroatoms. The van der Waals surface area contributed by atoms with Crippen molar-refractivity contribution in [1.82, 2.24) is 0 Å². The summed E-state index contributed by atoms with van der Waals surface area (Å²) in [6.45, 7) is 4.23. The summed E-state index contributed by atoms with van der Waals surface area (Å²) in [6, 6.07) is 0. The summed E-state index contributed by atoms with van der Waals surface area (Å²) >= 11 is 1.75. The van der Waals surface area contributed by atoms with Gasteiger partial charge in [-0.2, -0.15) is 0 Å². The molecule has 1 aliphatic rings. The summed E-state index contributed by atoms with van der Waals surface area (Å²) in [5, 5.41) is 0.181. The van der Waals surface area contributed by atoms with Gasteiger partial charge in [-0.3, -0.25) is 4.79 Å². The van der Waals surface area contributed by atoms with Gasteiger partial charge in [0.05, 0.1) is 5.25 Å². The highest BCUT2D eigenvalue weighted by Gasteiger charge is 2.20. The lowest BCUT2D eigenvalue weighted by molar-refractivity contribution is -0.113. The molecular formula is C12H20OS. The Morgan fingerprint density at radius 3 is 2.57 bits per heavy atom. The van der Waals surface area contributed by atoms with Gasteiger partial charge in [-0.1, -0.05) is 32.6 Å². The summed E-state index contributed by atoms with van der Waals surface area (Å²) in [5.74, 6) is 0.304. The number of hydrogen-bond acceptors (Lipinski definition) is 2. The number of thioether (sulfide) groups is 1. The molecule has 0 saturated heterocycles. The molecule has 1 atom stereocenters. The largest absolute Gasteiger partial charge is 0.294 e. The Bertz CT molecular complexity index is 220. The average molecular weight is 212 g/mol. The van der Waals surface area contributed by atoms with Crippen LogP contribution in [0.2, 0.25) is 0 Å². The molecule has 0 aromatic heterocycles. The Balaban J connectivity index is 2.08. The van der Waals surface area contributed by atoms with Crippen LogP contribution in [0.3, 0.4) is 0 Å². The molecule has 0 saturated carbocycles. The van der Waals surface area contributed by atoms with E-state index in [-0.39, 0.29) is 5.25 Å². The maximum Gasteiger partial charge on any atom is 0.169 e. The zero-order valence-electron chi connectivity index (χ0n) is 9.21. The van der Waals surface area contributed by atoms with Crippen LogP contribution in [0.25, 0.3) is 0 Å². The highest BCUT2D eigenvalue weighted by Crippen LogP contribution is 2.33. The number of ketones is 1. The van der Waals surface area contributed by atoms with Gasteiger partial charge >= 0.3 is 0 Å². The van der Waals surface area contributed by atoms with Crippen LogP contribution in [0, 0.1) is 0 Å². The third kappa shape index (κ3) is 3.87. The minimum atomic E-state index is 0.181. The second kappa shape index (κ2) is 6.28. The molecule has 0 N–H and O–H groups in total. The minimum Gasteiger partial charge on any atom is -0.294 e. The third-order valence-corrected chi connectivity index (χ3v) is 3.77. The molecule has 0 aromatic rings. The summed E-state index contributed by atoms with van der Waals surface area (Å²) in [5.41, 5.74) is 0. The summed E-state index contributed by atoms with van der Waals surface area (Å²) in [4.78, 5) is 12.5. The zero-order chi connectivity index (χ0) is 10.4. The Kier molecular flexibility index (Phi) is 5.31. The van der Waals surface area contributed by atoms with Gasteiger partial charge < -0.3 is 0 Å². The molecule has 0 aliphatic carbocycles. The van der Waals surface area contributed by atoms with Crippen LogP contribution in [0.4, 0.5) is 0 Å². The second-order valence-corrected chi connectivity index (χ2v) is 5.40. The quantitative estimate of drug-likeness (QED) is 0.620. The number of hydrogen-bond donors (Lipinski definition) is 0. The monoisotopic (exact) mass is 212 g/mol. The van der Waals surface area contributed by atoms with Crippen LogP contribution in [0.15, 0.2) is 11.0 Å². The van der Waals surface area contributed by atoms with Crippen molar-refractivity contribution in [2.75, 3.05) is 0 Å². The molecule has 14 heavy (non-hydrogen) atoms. The van der Waals surface area contributed by atoms with Crippen molar-refractivity contribution >= 4 is 17.5 Å². The zero-order valence-corrected chi connectivity index (χ0v) is 10.0. The van der Waals surface area contributed by atoms with E-state index in [1.165, 1.54) is 37.0 Å². The van der Waals surface area contributed by atoms with E-state index in [1.807, 2.05) is 13.0 Å². The number of unbranched alkanes of at least 4 members (excludes halogenated alkanes) is 4. The molecular weight excluding hydrogens is 192 g/mol. The van der Waals surface area contributed by atoms with E-state index in [4.69, 9.17) is 0 Å². The fraction of sp³-hybridized carbons (Fsp3) is 0.750. The standard InChI is InChI=1S/C12H20OS/c1-3-4-5-6-7-8-11-9-12(13)10(2)14-11/h9-10H,3-8H2,1-2H3. The van der Waals surface area contributed by atoms with Crippen molar-refractivity contribution in [1.29, 1.82) is 0 Å². The molecule has 1 unspecified atom stereocenters. The van der Waals surface area contributed by atoms with Crippen LogP contribution >= 0.6 is 11.8 Å². The molecule has 80 valence electrons. The smallest absolute Gasteiger partial charge is 0.169 e. The Hall–Kier alpha value is -0.240. The lowest BCUT2D eigenvalue weighted by atomic mass is 10.1. The van der Waals surface area contributed by atoms with Crippen molar-refractivity contribution in [2.45, 2.75) is 57.6 Å². The average Bonchev–Trinajstić information content (AvgIpc) is 2.46. The van der Waals surface area contributed by atoms with E-state index in [0.29, 0.717) is 5.78 Å². The number of carbonyl (C=O) groups excluding carboxylic acids is 1. The molecule has 0 radical (unpaired) electrons. The number of carbonyl (C=O) groups is 1. The molecule has 0 aromatic carbocycles. The lowest BCUT2D eigenvalue weighted by Crippen LogP contribution is -2.02. The Morgan fingerprint density at radius 2 is 2.00 bits per heavy atom. The van der Waals surface area contributed by atoms with Crippen molar-refractivity contribution in [3.63, 3.8) is 0 Å². The SMILES string of the molecule is CCCCCCCC1=CC(=O)C(C)S1. The van der Waals surface area contributed by atoms with Gasteiger partial charge in [-0.25, -0.2) is 0 Å². The van der Waals surface area contributed by atoms with Crippen molar-refractivity contribution < 1.29 is 4.79 Å². The van der Waals surface area contributed by atoms with E-state index in [0.717, 1.165) is 6.42 Å². The number of rotatable bonds is 6. The van der Waals surface area contributed by atoms with E-state index >= 15 is 0 Å². The first-order chi connectivity index (χ1) is 6.74. The van der Waals surface area contributed by atoms with Crippen LogP contribution in [0.1, 0.15) is 52.4 Å². The Morgan fingerprint density at radius 1 is 1.29 bits per heavy atom. The van der Waals surface area contributed by atoms with Gasteiger partial charge in [-0.05, 0) is 30.7 Å². The van der Waals surface area contributed by atoms with Crippen LogP contribution in [0.5, 0.6) is 0 Å². The van der Waals surface area contributed by atoms with E-state index in [1.54, 1.807) is 11.8 Å². The molecule has 0 amide bonds. The molecule has 0 bridgehead atoms. The van der Waals surface area contributed by atoms with E-state index < -0.39 is 0 Å². The molecule has 1 rings (SSSR count). The van der Waals surface area contributed by atoms with Crippen molar-refractivity contribution in [3.05, 3.63) is 11.0 Å². The molecule has 0 fully saturated rings. The second-order valence-electron chi connectivity index (χ2n) is 3.94. The predicted octanol–water partition coefficient (Wildman–Crippen LogP) is 3.94. The Labute approximate surface area is 91.3 Å². The van der Waals surface area contributed by atoms with Crippen molar-refractivity contribution in [2.24, 2.45) is 0 Å². The maximum atomic E-state index is 11.2. The maximum absolute atomic E-state index is 11.2. The highest BCUT2D eigenvalue weighted by atomic mass is 32.2. The molecule has 1 aliphatic heterocycles. The summed E-state index contributed by atoms with van der Waals surface area (Å²) in [7, 11) is 0. The normalized spacial score (nSPS) is 21.4. The number of allylic oxidation sites excluding steroid dienone is 2. The van der Waals surface area contributed by atoms with Gasteiger partial charge in [0.15, 0.2) is 5.78 Å². The summed E-state index contributed by atoms with van der Waals surface area (Å²) in [6.07, 6.45) is 9.51. The van der Waals surface area contributed by atoms with Crippen LogP contribution < -0.4 is 0 Å². The van der Waals surface area contributed by atoms with Crippen LogP contribution in [-0.4, -0.2) is 11.0 Å². The predicted molar refractivity (Wildman–Crippen MR) is 63.5 cm³/mol. The minimum absolute atomic E-state index is 0.181. The van der Waals surface area contributed by atoms with Gasteiger partial charge in [0.2, 0.25) is 0 Å². The highest BCUT2D eigenvalue weighted by molar-refractivity contribution is 8.04. The first kappa shape index (κ1) is 11.8. The van der Waals surface area contributed by atoms with Gasteiger partial charge in [0.1, 0.15) is 0 Å². The van der Waals surface area contributed by atoms with Crippen molar-refractivity contribution in [3.8, 4) is 0 Å². The molecule has 0 spiro atoms. The third-order valence-electron chi connectivity index (χ3n) is 2.56. The summed E-state index contributed by atoms with van der Waals surface area (Å²) < 4.78 is 0.